The van der Waals surface area contributed by atoms with E-state index in [9.17, 15) is 20.0 Å². The van der Waals surface area contributed by atoms with Crippen molar-refractivity contribution in [1.29, 1.82) is 0 Å². The van der Waals surface area contributed by atoms with E-state index in [4.69, 9.17) is 0 Å². The molecule has 41 heavy (non-hydrogen) atoms. The number of ketones is 2. The molecule has 0 aromatic carbocycles. The van der Waals surface area contributed by atoms with E-state index < -0.39 is 22.2 Å². The third-order valence-electron chi connectivity index (χ3n) is 7.97. The SMILES string of the molecule is CC1(C)CC(NC=C2C=CC=CC2=O)CC(C)(C)N1[O-].CC1(C)CC(NC=C2C=CC=CC2=O)CC(C)(C)N1[O-].[Pd]. The van der Waals surface area contributed by atoms with Crippen LogP contribution in [0.2, 0.25) is 0 Å². The Morgan fingerprint density at radius 3 is 1.15 bits per heavy atom. The molecule has 0 aromatic rings. The van der Waals surface area contributed by atoms with Crippen molar-refractivity contribution >= 4 is 11.6 Å². The van der Waals surface area contributed by atoms with Crippen LogP contribution < -0.4 is 10.6 Å². The summed E-state index contributed by atoms with van der Waals surface area (Å²) in [7, 11) is 0. The maximum atomic E-state index is 12.3. The molecule has 0 saturated carbocycles. The molecule has 4 aliphatic rings. The van der Waals surface area contributed by atoms with E-state index in [1.807, 2.05) is 67.5 Å². The molecule has 2 fully saturated rings. The number of nitrogens with zero attached hydrogens (tertiary/aromatic N) is 2. The summed E-state index contributed by atoms with van der Waals surface area (Å²) in [6.45, 7) is 15.8. The molecule has 8 nitrogen and oxygen atoms in total. The van der Waals surface area contributed by atoms with Gasteiger partial charge in [0.2, 0.25) is 0 Å². The Morgan fingerprint density at radius 2 is 0.878 bits per heavy atom. The van der Waals surface area contributed by atoms with Gasteiger partial charge in [0, 0.05) is 78.2 Å². The largest absolute Gasteiger partial charge is 0.784 e. The molecule has 0 amide bonds. The summed E-state index contributed by atoms with van der Waals surface area (Å²) >= 11 is 0. The minimum Gasteiger partial charge on any atom is -0.784 e. The molecule has 0 radical (unpaired) electrons. The first-order valence-corrected chi connectivity index (χ1v) is 14.1. The minimum atomic E-state index is -0.399. The molecule has 0 unspecified atom stereocenters. The molecular formula is C32H46N4O4Pd-2. The zero-order valence-corrected chi connectivity index (χ0v) is 27.2. The first-order chi connectivity index (χ1) is 18.4. The molecule has 0 atom stereocenters. The van der Waals surface area contributed by atoms with E-state index in [2.05, 4.69) is 10.6 Å². The number of rotatable bonds is 4. The Morgan fingerprint density at radius 1 is 0.610 bits per heavy atom. The standard InChI is InChI=1S/2C16H23N2O2.Pd/c2*1-15(2)9-13(10-16(3,4)18(15)20)17-11-12-7-5-6-8-14(12)19;/h2*5-8,11,13,17H,9-10H2,1-4H3;/q2*-1;. The van der Waals surface area contributed by atoms with Gasteiger partial charge < -0.3 is 31.2 Å². The monoisotopic (exact) mass is 656 g/mol. The average Bonchev–Trinajstić information content (AvgIpc) is 2.85. The third-order valence-corrected chi connectivity index (χ3v) is 7.97. The van der Waals surface area contributed by atoms with Crippen LogP contribution in [0.15, 0.2) is 72.2 Å². The number of hydrogen-bond acceptors (Lipinski definition) is 8. The van der Waals surface area contributed by atoms with Crippen molar-refractivity contribution in [2.45, 2.75) is 115 Å². The summed E-state index contributed by atoms with van der Waals surface area (Å²) in [6, 6.07) is 0.398. The average molecular weight is 657 g/mol. The van der Waals surface area contributed by atoms with Gasteiger partial charge in [0.25, 0.3) is 0 Å². The predicted molar refractivity (Wildman–Crippen MR) is 162 cm³/mol. The molecule has 2 heterocycles. The van der Waals surface area contributed by atoms with Gasteiger partial charge in [-0.15, -0.1) is 0 Å². The van der Waals surface area contributed by atoms with Crippen molar-refractivity contribution in [3.63, 3.8) is 0 Å². The van der Waals surface area contributed by atoms with Gasteiger partial charge in [-0.25, -0.2) is 0 Å². The van der Waals surface area contributed by atoms with Crippen LogP contribution in [0.3, 0.4) is 0 Å². The van der Waals surface area contributed by atoms with E-state index in [0.29, 0.717) is 11.1 Å². The molecule has 2 N–H and O–H groups in total. The Balaban J connectivity index is 0.000000280. The van der Waals surface area contributed by atoms with Crippen LogP contribution in [0.4, 0.5) is 0 Å². The van der Waals surface area contributed by atoms with Gasteiger partial charge in [0.15, 0.2) is 11.6 Å². The fourth-order valence-corrected chi connectivity index (χ4v) is 6.38. The van der Waals surface area contributed by atoms with Crippen LogP contribution >= 0.6 is 0 Å². The molecule has 9 heteroatoms. The van der Waals surface area contributed by atoms with E-state index in [1.54, 1.807) is 48.9 Å². The second-order valence-corrected chi connectivity index (χ2v) is 13.7. The number of piperidine rings is 2. The molecule has 0 spiro atoms. The van der Waals surface area contributed by atoms with Crippen LogP contribution in [-0.2, 0) is 30.0 Å². The Kier molecular flexibility index (Phi) is 11.5. The van der Waals surface area contributed by atoms with E-state index in [1.165, 1.54) is 10.1 Å². The van der Waals surface area contributed by atoms with Gasteiger partial charge in [0.05, 0.1) is 0 Å². The van der Waals surface area contributed by atoms with Crippen molar-refractivity contribution in [2.24, 2.45) is 0 Å². The molecule has 4 rings (SSSR count). The van der Waals surface area contributed by atoms with Crippen LogP contribution in [0.1, 0.15) is 81.1 Å². The predicted octanol–water partition coefficient (Wildman–Crippen LogP) is 5.35. The minimum absolute atomic E-state index is 0. The van der Waals surface area contributed by atoms with Crippen molar-refractivity contribution < 1.29 is 30.0 Å². The molecule has 2 aliphatic carbocycles. The van der Waals surface area contributed by atoms with Gasteiger partial charge in [-0.05, 0) is 105 Å². The Labute approximate surface area is 259 Å². The van der Waals surface area contributed by atoms with Crippen LogP contribution in [0.25, 0.3) is 0 Å². The van der Waals surface area contributed by atoms with E-state index in [0.717, 1.165) is 25.7 Å². The fourth-order valence-electron chi connectivity index (χ4n) is 6.38. The van der Waals surface area contributed by atoms with Crippen LogP contribution in [0, 0.1) is 10.4 Å². The molecule has 2 aliphatic heterocycles. The maximum absolute atomic E-state index is 12.3. The van der Waals surface area contributed by atoms with E-state index in [-0.39, 0.29) is 44.1 Å². The number of hydrogen-bond donors (Lipinski definition) is 2. The first kappa shape index (κ1) is 35.1. The number of nitrogens with one attached hydrogen (secondary N) is 2. The van der Waals surface area contributed by atoms with Gasteiger partial charge in [0.1, 0.15) is 0 Å². The Bertz CT molecular complexity index is 1030. The maximum Gasteiger partial charge on any atom is 0.187 e. The molecule has 0 bridgehead atoms. The third kappa shape index (κ3) is 8.94. The van der Waals surface area contributed by atoms with Gasteiger partial charge >= 0.3 is 0 Å². The molecule has 230 valence electrons. The summed E-state index contributed by atoms with van der Waals surface area (Å²) < 4.78 is 0. The summed E-state index contributed by atoms with van der Waals surface area (Å²) in [4.78, 5) is 23.3. The summed E-state index contributed by atoms with van der Waals surface area (Å²) in [5, 5.41) is 33.6. The van der Waals surface area contributed by atoms with Gasteiger partial charge in [-0.2, -0.15) is 0 Å². The van der Waals surface area contributed by atoms with Crippen molar-refractivity contribution in [2.75, 3.05) is 0 Å². The number of allylic oxidation sites excluding steroid dienone is 10. The molecular weight excluding hydrogens is 611 g/mol. The van der Waals surface area contributed by atoms with E-state index >= 15 is 0 Å². The first-order valence-electron chi connectivity index (χ1n) is 14.1. The number of hydroxylamine groups is 4. The van der Waals surface area contributed by atoms with Crippen molar-refractivity contribution in [3.8, 4) is 0 Å². The second-order valence-electron chi connectivity index (χ2n) is 13.7. The molecule has 0 aromatic heterocycles. The summed E-state index contributed by atoms with van der Waals surface area (Å²) in [6.07, 6.45) is 20.5. The molecule has 2 saturated heterocycles. The zero-order valence-electron chi connectivity index (χ0n) is 25.6. The number of carbonyl (C=O) groups is 2. The Hall–Kier alpha value is -2.12. The summed E-state index contributed by atoms with van der Waals surface area (Å²) in [5.41, 5.74) is -0.275. The normalized spacial score (nSPS) is 27.4. The van der Waals surface area contributed by atoms with Gasteiger partial charge in [-0.1, -0.05) is 24.3 Å². The summed E-state index contributed by atoms with van der Waals surface area (Å²) in [5.74, 6) is 0.0274. The fraction of sp³-hybridized carbons (Fsp3) is 0.562. The smallest absolute Gasteiger partial charge is 0.187 e. The zero-order chi connectivity index (χ0) is 29.9. The second kappa shape index (κ2) is 13.5. The quantitative estimate of drug-likeness (QED) is 0.308. The van der Waals surface area contributed by atoms with Crippen molar-refractivity contribution in [1.82, 2.24) is 20.8 Å². The van der Waals surface area contributed by atoms with Crippen LogP contribution in [-0.4, -0.2) is 55.9 Å². The van der Waals surface area contributed by atoms with Gasteiger partial charge in [-0.3, -0.25) is 9.59 Å². The van der Waals surface area contributed by atoms with Crippen LogP contribution in [0.5, 0.6) is 0 Å². The number of carbonyl (C=O) groups excluding carboxylic acids is 2. The van der Waals surface area contributed by atoms with Crippen molar-refractivity contribution in [3.05, 3.63) is 82.6 Å². The topological polar surface area (TPSA) is 111 Å².